The van der Waals surface area contributed by atoms with Crippen molar-refractivity contribution >= 4 is 17.4 Å². The van der Waals surface area contributed by atoms with Crippen LogP contribution < -0.4 is 5.32 Å². The lowest BCUT2D eigenvalue weighted by Gasteiger charge is -2.14. The van der Waals surface area contributed by atoms with Crippen LogP contribution in [0.25, 0.3) is 0 Å². The maximum absolute atomic E-state index is 11.7. The van der Waals surface area contributed by atoms with Crippen molar-refractivity contribution < 1.29 is 4.79 Å². The van der Waals surface area contributed by atoms with Gasteiger partial charge in [-0.15, -0.1) is 5.10 Å². The molecule has 2 rings (SSSR count). The number of hydrogen-bond donors (Lipinski definition) is 1. The highest BCUT2D eigenvalue weighted by molar-refractivity contribution is 7.03. The summed E-state index contributed by atoms with van der Waals surface area (Å²) in [5, 5.41) is 9.03. The standard InChI is InChI=1S/C10H16N4OS/c15-10(14-5-1-2-6-14)3-4-11-7-9-8-16-13-12-9/h8,11H,1-7H2. The van der Waals surface area contributed by atoms with Crippen molar-refractivity contribution in [2.24, 2.45) is 0 Å². The van der Waals surface area contributed by atoms with Crippen molar-refractivity contribution in [2.75, 3.05) is 19.6 Å². The van der Waals surface area contributed by atoms with Gasteiger partial charge in [0.05, 0.1) is 5.69 Å². The van der Waals surface area contributed by atoms with Gasteiger partial charge in [-0.3, -0.25) is 4.79 Å². The van der Waals surface area contributed by atoms with Gasteiger partial charge in [0.15, 0.2) is 0 Å². The Labute approximate surface area is 99.0 Å². The number of carbonyl (C=O) groups is 1. The van der Waals surface area contributed by atoms with Crippen molar-refractivity contribution in [3.63, 3.8) is 0 Å². The first-order chi connectivity index (χ1) is 7.86. The Morgan fingerprint density at radius 2 is 2.31 bits per heavy atom. The second-order valence-corrected chi connectivity index (χ2v) is 4.52. The Bertz CT molecular complexity index is 322. The number of amides is 1. The molecule has 1 amide bonds. The van der Waals surface area contributed by atoms with Gasteiger partial charge >= 0.3 is 0 Å². The molecule has 1 aliphatic rings. The molecule has 2 heterocycles. The molecule has 0 unspecified atom stereocenters. The molecule has 1 saturated heterocycles. The Balaban J connectivity index is 1.59. The highest BCUT2D eigenvalue weighted by atomic mass is 32.1. The van der Waals surface area contributed by atoms with E-state index in [1.807, 2.05) is 10.3 Å². The van der Waals surface area contributed by atoms with Crippen LogP contribution in [0.3, 0.4) is 0 Å². The molecule has 0 bridgehead atoms. The normalized spacial score (nSPS) is 15.6. The Morgan fingerprint density at radius 3 is 3.00 bits per heavy atom. The van der Waals surface area contributed by atoms with E-state index in [-0.39, 0.29) is 5.91 Å². The first-order valence-electron chi connectivity index (χ1n) is 5.60. The fourth-order valence-corrected chi connectivity index (χ4v) is 2.25. The second-order valence-electron chi connectivity index (χ2n) is 3.91. The van der Waals surface area contributed by atoms with Crippen LogP contribution in [-0.2, 0) is 11.3 Å². The molecule has 88 valence electrons. The first kappa shape index (κ1) is 11.5. The van der Waals surface area contributed by atoms with E-state index in [9.17, 15) is 4.79 Å². The van der Waals surface area contributed by atoms with Gasteiger partial charge in [0.1, 0.15) is 0 Å². The van der Waals surface area contributed by atoms with E-state index >= 15 is 0 Å². The van der Waals surface area contributed by atoms with Crippen molar-refractivity contribution in [3.05, 3.63) is 11.1 Å². The summed E-state index contributed by atoms with van der Waals surface area (Å²) in [6, 6.07) is 0. The molecule has 0 atom stereocenters. The minimum Gasteiger partial charge on any atom is -0.343 e. The molecule has 1 N–H and O–H groups in total. The number of nitrogens with zero attached hydrogens (tertiary/aromatic N) is 3. The number of likely N-dealkylation sites (tertiary alicyclic amines) is 1. The van der Waals surface area contributed by atoms with Crippen molar-refractivity contribution in [1.82, 2.24) is 19.8 Å². The van der Waals surface area contributed by atoms with Gasteiger partial charge in [0.25, 0.3) is 0 Å². The molecule has 16 heavy (non-hydrogen) atoms. The van der Waals surface area contributed by atoms with Crippen molar-refractivity contribution in [3.8, 4) is 0 Å². The van der Waals surface area contributed by atoms with E-state index < -0.39 is 0 Å². The average molecular weight is 240 g/mol. The van der Waals surface area contributed by atoms with Crippen molar-refractivity contribution in [2.45, 2.75) is 25.8 Å². The van der Waals surface area contributed by atoms with Crippen LogP contribution in [-0.4, -0.2) is 40.0 Å². The summed E-state index contributed by atoms with van der Waals surface area (Å²) >= 11 is 1.35. The summed E-state index contributed by atoms with van der Waals surface area (Å²) in [5.41, 5.74) is 0.943. The van der Waals surface area contributed by atoms with Gasteiger partial charge in [-0.2, -0.15) is 0 Å². The summed E-state index contributed by atoms with van der Waals surface area (Å²) < 4.78 is 3.78. The molecule has 0 radical (unpaired) electrons. The third-order valence-electron chi connectivity index (χ3n) is 2.69. The van der Waals surface area contributed by atoms with Crippen LogP contribution in [0.1, 0.15) is 25.0 Å². The number of aromatic nitrogens is 2. The Kier molecular flexibility index (Phi) is 4.24. The number of hydrogen-bond acceptors (Lipinski definition) is 5. The summed E-state index contributed by atoms with van der Waals surface area (Å²) in [4.78, 5) is 13.6. The van der Waals surface area contributed by atoms with E-state index in [1.54, 1.807) is 0 Å². The Morgan fingerprint density at radius 1 is 1.50 bits per heavy atom. The van der Waals surface area contributed by atoms with Gasteiger partial charge in [-0.1, -0.05) is 4.49 Å². The van der Waals surface area contributed by atoms with Crippen LogP contribution in [0.2, 0.25) is 0 Å². The largest absolute Gasteiger partial charge is 0.343 e. The van der Waals surface area contributed by atoms with Gasteiger partial charge in [0.2, 0.25) is 5.91 Å². The molecule has 6 heteroatoms. The zero-order chi connectivity index (χ0) is 11.2. The molecule has 0 aliphatic carbocycles. The molecule has 0 spiro atoms. The van der Waals surface area contributed by atoms with E-state index in [1.165, 1.54) is 11.5 Å². The fraction of sp³-hybridized carbons (Fsp3) is 0.700. The maximum Gasteiger partial charge on any atom is 0.223 e. The number of nitrogens with one attached hydrogen (secondary N) is 1. The monoisotopic (exact) mass is 240 g/mol. The van der Waals surface area contributed by atoms with Crippen LogP contribution >= 0.6 is 11.5 Å². The maximum atomic E-state index is 11.7. The Hall–Kier alpha value is -1.01. The minimum atomic E-state index is 0.265. The first-order valence-corrected chi connectivity index (χ1v) is 6.44. The van der Waals surface area contributed by atoms with Gasteiger partial charge < -0.3 is 10.2 Å². The summed E-state index contributed by atoms with van der Waals surface area (Å²) in [5.74, 6) is 0.265. The lowest BCUT2D eigenvalue weighted by molar-refractivity contribution is -0.130. The third kappa shape index (κ3) is 3.24. The molecule has 1 fully saturated rings. The third-order valence-corrected chi connectivity index (χ3v) is 3.24. The van der Waals surface area contributed by atoms with Crippen LogP contribution in [0, 0.1) is 0 Å². The summed E-state index contributed by atoms with van der Waals surface area (Å²) in [6.07, 6.45) is 2.89. The van der Waals surface area contributed by atoms with Gasteiger partial charge in [-0.25, -0.2) is 0 Å². The van der Waals surface area contributed by atoms with E-state index in [0.717, 1.165) is 31.6 Å². The smallest absolute Gasteiger partial charge is 0.223 e. The van der Waals surface area contributed by atoms with Crippen LogP contribution in [0.5, 0.6) is 0 Å². The lowest BCUT2D eigenvalue weighted by atomic mass is 10.3. The highest BCUT2D eigenvalue weighted by Crippen LogP contribution is 2.08. The predicted molar refractivity (Wildman–Crippen MR) is 62.0 cm³/mol. The molecule has 0 aromatic carbocycles. The minimum absolute atomic E-state index is 0.265. The summed E-state index contributed by atoms with van der Waals surface area (Å²) in [6.45, 7) is 3.29. The second kappa shape index (κ2) is 5.91. The molecule has 0 saturated carbocycles. The molecule has 5 nitrogen and oxygen atoms in total. The average Bonchev–Trinajstić information content (AvgIpc) is 2.96. The molecule has 1 aliphatic heterocycles. The molecule has 1 aromatic rings. The molecule has 1 aromatic heterocycles. The summed E-state index contributed by atoms with van der Waals surface area (Å²) in [7, 11) is 0. The van der Waals surface area contributed by atoms with Gasteiger partial charge in [0, 0.05) is 38.0 Å². The van der Waals surface area contributed by atoms with Gasteiger partial charge in [-0.05, 0) is 24.4 Å². The van der Waals surface area contributed by atoms with E-state index in [2.05, 4.69) is 14.9 Å². The molecular weight excluding hydrogens is 224 g/mol. The fourth-order valence-electron chi connectivity index (χ4n) is 1.80. The highest BCUT2D eigenvalue weighted by Gasteiger charge is 2.16. The van der Waals surface area contributed by atoms with E-state index in [0.29, 0.717) is 19.5 Å². The quantitative estimate of drug-likeness (QED) is 0.767. The lowest BCUT2D eigenvalue weighted by Crippen LogP contribution is -2.30. The zero-order valence-electron chi connectivity index (χ0n) is 9.19. The number of rotatable bonds is 5. The topological polar surface area (TPSA) is 58.1 Å². The SMILES string of the molecule is O=C(CCNCc1csnn1)N1CCCC1. The predicted octanol–water partition coefficient (Wildman–Crippen LogP) is 0.640. The van der Waals surface area contributed by atoms with E-state index in [4.69, 9.17) is 0 Å². The van der Waals surface area contributed by atoms with Crippen molar-refractivity contribution in [1.29, 1.82) is 0 Å². The van der Waals surface area contributed by atoms with Crippen LogP contribution in [0.4, 0.5) is 0 Å². The zero-order valence-corrected chi connectivity index (χ0v) is 10.0. The van der Waals surface area contributed by atoms with Crippen LogP contribution in [0.15, 0.2) is 5.38 Å². The number of carbonyl (C=O) groups excluding carboxylic acids is 1. The molecular formula is C10H16N4OS.